The molecular formula is C16H13N3O2. The number of hydrogen-bond donors (Lipinski definition) is 1. The van der Waals surface area contributed by atoms with Gasteiger partial charge >= 0.3 is 5.97 Å². The number of H-pyrrole nitrogens is 1. The molecule has 0 saturated heterocycles. The Hall–Kier alpha value is -3.05. The number of nitrogens with zero attached hydrogens (tertiary/aromatic N) is 2. The number of allylic oxidation sites excluding steroid dienone is 1. The van der Waals surface area contributed by atoms with Crippen LogP contribution in [0.3, 0.4) is 0 Å². The molecule has 0 saturated carbocycles. The van der Waals surface area contributed by atoms with E-state index in [1.54, 1.807) is 13.1 Å². The molecule has 1 aromatic heterocycles. The number of aromatic nitrogens is 1. The molecule has 2 aromatic rings. The van der Waals surface area contributed by atoms with E-state index >= 15 is 0 Å². The first-order valence-electron chi connectivity index (χ1n) is 6.46. The normalized spacial score (nSPS) is 11.4. The van der Waals surface area contributed by atoms with Crippen molar-refractivity contribution >= 4 is 22.4 Å². The fraction of sp³-hybridized carbons (Fsp3) is 0.188. The van der Waals surface area contributed by atoms with Crippen LogP contribution in [-0.2, 0) is 9.53 Å². The van der Waals surface area contributed by atoms with E-state index in [4.69, 9.17) is 10.00 Å². The molecule has 0 spiro atoms. The SMILES string of the molecule is CCOC(=O)/C(C#N)=C(\CC#N)c1c[nH]c2ccccc12. The first-order valence-corrected chi connectivity index (χ1v) is 6.46. The number of ether oxygens (including phenoxy) is 1. The van der Waals surface area contributed by atoms with Crippen LogP contribution in [0.5, 0.6) is 0 Å². The lowest BCUT2D eigenvalue weighted by atomic mass is 9.97. The molecule has 1 aromatic carbocycles. The number of rotatable bonds is 4. The number of fused-ring (bicyclic) bond motifs is 1. The fourth-order valence-electron chi connectivity index (χ4n) is 2.16. The van der Waals surface area contributed by atoms with E-state index < -0.39 is 5.97 Å². The molecule has 21 heavy (non-hydrogen) atoms. The highest BCUT2D eigenvalue weighted by molar-refractivity contribution is 6.05. The van der Waals surface area contributed by atoms with Crippen LogP contribution in [0, 0.1) is 22.7 Å². The maximum atomic E-state index is 11.9. The lowest BCUT2D eigenvalue weighted by Crippen LogP contribution is -2.08. The van der Waals surface area contributed by atoms with Crippen molar-refractivity contribution in [2.75, 3.05) is 6.61 Å². The smallest absolute Gasteiger partial charge is 0.349 e. The summed E-state index contributed by atoms with van der Waals surface area (Å²) in [6.45, 7) is 1.85. The van der Waals surface area contributed by atoms with Crippen molar-refractivity contribution in [3.63, 3.8) is 0 Å². The number of para-hydroxylation sites is 1. The van der Waals surface area contributed by atoms with Crippen LogP contribution in [0.15, 0.2) is 36.0 Å². The number of carbonyl (C=O) groups is 1. The van der Waals surface area contributed by atoms with Crippen molar-refractivity contribution in [2.24, 2.45) is 0 Å². The second-order valence-electron chi connectivity index (χ2n) is 4.27. The molecule has 0 unspecified atom stereocenters. The zero-order valence-electron chi connectivity index (χ0n) is 11.5. The molecule has 1 N–H and O–H groups in total. The van der Waals surface area contributed by atoms with E-state index in [9.17, 15) is 10.1 Å². The van der Waals surface area contributed by atoms with E-state index in [0.29, 0.717) is 11.1 Å². The summed E-state index contributed by atoms with van der Waals surface area (Å²) in [5, 5.41) is 19.1. The summed E-state index contributed by atoms with van der Waals surface area (Å²) < 4.78 is 4.89. The third kappa shape index (κ3) is 2.77. The van der Waals surface area contributed by atoms with Gasteiger partial charge in [-0.1, -0.05) is 18.2 Å². The number of esters is 1. The first-order chi connectivity index (χ1) is 10.2. The molecule has 104 valence electrons. The predicted molar refractivity (Wildman–Crippen MR) is 77.7 cm³/mol. The summed E-state index contributed by atoms with van der Waals surface area (Å²) in [6, 6.07) is 11.4. The molecule has 0 aliphatic carbocycles. The molecule has 2 rings (SSSR count). The Labute approximate surface area is 122 Å². The quantitative estimate of drug-likeness (QED) is 0.529. The lowest BCUT2D eigenvalue weighted by molar-refractivity contribution is -0.137. The minimum absolute atomic E-state index is 0.0381. The van der Waals surface area contributed by atoms with Crippen molar-refractivity contribution in [1.29, 1.82) is 10.5 Å². The Kier molecular flexibility index (Phi) is 4.38. The zero-order chi connectivity index (χ0) is 15.2. The van der Waals surface area contributed by atoms with Crippen molar-refractivity contribution in [3.05, 3.63) is 41.6 Å². The van der Waals surface area contributed by atoms with Gasteiger partial charge in [0.25, 0.3) is 0 Å². The molecule has 0 fully saturated rings. The summed E-state index contributed by atoms with van der Waals surface area (Å²) in [5.74, 6) is -0.699. The number of benzene rings is 1. The summed E-state index contributed by atoms with van der Waals surface area (Å²) in [5.41, 5.74) is 1.82. The maximum absolute atomic E-state index is 11.9. The highest BCUT2D eigenvalue weighted by Gasteiger charge is 2.20. The van der Waals surface area contributed by atoms with Crippen molar-refractivity contribution in [1.82, 2.24) is 4.98 Å². The van der Waals surface area contributed by atoms with Gasteiger partial charge in [0.1, 0.15) is 11.6 Å². The van der Waals surface area contributed by atoms with Gasteiger partial charge in [-0.3, -0.25) is 0 Å². The van der Waals surface area contributed by atoms with Gasteiger partial charge in [0.15, 0.2) is 0 Å². The van der Waals surface area contributed by atoms with Gasteiger partial charge in [-0.2, -0.15) is 10.5 Å². The van der Waals surface area contributed by atoms with Crippen molar-refractivity contribution in [2.45, 2.75) is 13.3 Å². The largest absolute Gasteiger partial charge is 0.462 e. The van der Waals surface area contributed by atoms with E-state index in [1.807, 2.05) is 36.4 Å². The van der Waals surface area contributed by atoms with Crippen molar-refractivity contribution in [3.8, 4) is 12.1 Å². The summed E-state index contributed by atoms with van der Waals surface area (Å²) in [7, 11) is 0. The standard InChI is InChI=1S/C16H13N3O2/c1-2-21-16(20)13(9-18)11(7-8-17)14-10-19-15-6-4-3-5-12(14)15/h3-6,10,19H,2,7H2,1H3/b13-11+. The van der Waals surface area contributed by atoms with E-state index in [2.05, 4.69) is 4.98 Å². The molecule has 0 aliphatic heterocycles. The topological polar surface area (TPSA) is 89.7 Å². The van der Waals surface area contributed by atoms with Crippen LogP contribution in [0.1, 0.15) is 18.9 Å². The molecule has 0 bridgehead atoms. The molecular weight excluding hydrogens is 266 g/mol. The number of carbonyl (C=O) groups excluding carboxylic acids is 1. The second-order valence-corrected chi connectivity index (χ2v) is 4.27. The van der Waals surface area contributed by atoms with Crippen LogP contribution in [0.4, 0.5) is 0 Å². The van der Waals surface area contributed by atoms with Gasteiger partial charge < -0.3 is 9.72 Å². The minimum atomic E-state index is -0.699. The average Bonchev–Trinajstić information content (AvgIpc) is 2.91. The van der Waals surface area contributed by atoms with Crippen LogP contribution in [-0.4, -0.2) is 17.6 Å². The molecule has 5 nitrogen and oxygen atoms in total. The molecule has 5 heteroatoms. The molecule has 0 aliphatic rings. The zero-order valence-corrected chi connectivity index (χ0v) is 11.5. The average molecular weight is 279 g/mol. The second kappa shape index (κ2) is 6.40. The van der Waals surface area contributed by atoms with E-state index in [0.717, 1.165) is 10.9 Å². The van der Waals surface area contributed by atoms with Gasteiger partial charge in [0.05, 0.1) is 19.1 Å². The van der Waals surface area contributed by atoms with Gasteiger partial charge in [-0.25, -0.2) is 4.79 Å². The number of nitrogens with one attached hydrogen (secondary N) is 1. The molecule has 0 atom stereocenters. The van der Waals surface area contributed by atoms with Gasteiger partial charge in [0.2, 0.25) is 0 Å². The lowest BCUT2D eigenvalue weighted by Gasteiger charge is -2.06. The maximum Gasteiger partial charge on any atom is 0.349 e. The van der Waals surface area contributed by atoms with E-state index in [1.165, 1.54) is 0 Å². The Bertz CT molecular complexity index is 788. The molecule has 0 radical (unpaired) electrons. The fourth-order valence-corrected chi connectivity index (χ4v) is 2.16. The Balaban J connectivity index is 2.65. The molecule has 1 heterocycles. The number of nitriles is 2. The highest BCUT2D eigenvalue weighted by atomic mass is 16.5. The molecule has 0 amide bonds. The minimum Gasteiger partial charge on any atom is -0.462 e. The van der Waals surface area contributed by atoms with Crippen LogP contribution >= 0.6 is 0 Å². The Morgan fingerprint density at radius 3 is 2.76 bits per heavy atom. The van der Waals surface area contributed by atoms with E-state index in [-0.39, 0.29) is 18.6 Å². The number of hydrogen-bond acceptors (Lipinski definition) is 4. The summed E-state index contributed by atoms with van der Waals surface area (Å²) in [6.07, 6.45) is 1.66. The van der Waals surface area contributed by atoms with Crippen LogP contribution in [0.25, 0.3) is 16.5 Å². The highest BCUT2D eigenvalue weighted by Crippen LogP contribution is 2.29. The van der Waals surface area contributed by atoms with Gasteiger partial charge in [-0.15, -0.1) is 0 Å². The Morgan fingerprint density at radius 1 is 1.33 bits per heavy atom. The van der Waals surface area contributed by atoms with Crippen molar-refractivity contribution < 1.29 is 9.53 Å². The Morgan fingerprint density at radius 2 is 2.10 bits per heavy atom. The monoisotopic (exact) mass is 279 g/mol. The van der Waals surface area contributed by atoms with Crippen LogP contribution in [0.2, 0.25) is 0 Å². The van der Waals surface area contributed by atoms with Gasteiger partial charge in [-0.05, 0) is 13.0 Å². The van der Waals surface area contributed by atoms with Crippen LogP contribution < -0.4 is 0 Å². The third-order valence-corrected chi connectivity index (χ3v) is 3.06. The summed E-state index contributed by atoms with van der Waals surface area (Å²) >= 11 is 0. The number of aromatic amines is 1. The predicted octanol–water partition coefficient (Wildman–Crippen LogP) is 2.92. The van der Waals surface area contributed by atoms with Gasteiger partial charge in [0, 0.05) is 28.2 Å². The summed E-state index contributed by atoms with van der Waals surface area (Å²) in [4.78, 5) is 15.0. The third-order valence-electron chi connectivity index (χ3n) is 3.06. The first kappa shape index (κ1) is 14.4.